The molecule has 3 N–H and O–H groups in total. The zero-order chi connectivity index (χ0) is 73.5. The van der Waals surface area contributed by atoms with Gasteiger partial charge in [-0.25, -0.2) is 9.13 Å². The van der Waals surface area contributed by atoms with Crippen LogP contribution in [0.25, 0.3) is 0 Å². The third-order valence-corrected chi connectivity index (χ3v) is 21.2. The van der Waals surface area contributed by atoms with Crippen LogP contribution in [0.1, 0.15) is 427 Å². The lowest BCUT2D eigenvalue weighted by molar-refractivity contribution is -0.161. The third kappa shape index (κ3) is 73.0. The second-order valence-corrected chi connectivity index (χ2v) is 32.8. The van der Waals surface area contributed by atoms with Gasteiger partial charge < -0.3 is 33.8 Å². The predicted octanol–water partition coefficient (Wildman–Crippen LogP) is 24.3. The molecular formula is C81H158O17P2. The van der Waals surface area contributed by atoms with Crippen molar-refractivity contribution in [3.05, 3.63) is 0 Å². The molecule has 0 spiro atoms. The Bertz CT molecular complexity index is 1930. The molecule has 100 heavy (non-hydrogen) atoms. The number of unbranched alkanes of at least 4 members (excludes halogenated alkanes) is 49. The molecule has 0 saturated carbocycles. The number of aliphatic hydroxyl groups is 1. The SMILES string of the molecule is CCCCCCCCCCCCCCCCCCC(=O)OC[C@H](COP(=O)(O)OC[C@@H](O)COP(=O)(O)OC[C@@H](COC(=O)CCCCCCCCC)OC(=O)CCCCCCCCCCCCCCC(C)C)OC(=O)CCCCCCCCCCCCCCCCCCCCC(C)CC. The number of hydrogen-bond donors (Lipinski definition) is 3. The number of phosphoric acid groups is 2. The van der Waals surface area contributed by atoms with E-state index in [0.29, 0.717) is 25.7 Å². The van der Waals surface area contributed by atoms with E-state index in [9.17, 15) is 43.2 Å². The number of hydrogen-bond acceptors (Lipinski definition) is 15. The highest BCUT2D eigenvalue weighted by Crippen LogP contribution is 2.45. The Hall–Kier alpha value is -1.94. The first-order chi connectivity index (χ1) is 48.4. The molecule has 0 heterocycles. The van der Waals surface area contributed by atoms with Crippen molar-refractivity contribution >= 4 is 39.5 Å². The van der Waals surface area contributed by atoms with Gasteiger partial charge in [-0.3, -0.25) is 37.3 Å². The smallest absolute Gasteiger partial charge is 0.462 e. The molecule has 0 aliphatic carbocycles. The maximum Gasteiger partial charge on any atom is 0.472 e. The van der Waals surface area contributed by atoms with Crippen molar-refractivity contribution in [2.24, 2.45) is 11.8 Å². The number of carbonyl (C=O) groups is 4. The van der Waals surface area contributed by atoms with Gasteiger partial charge in [0.05, 0.1) is 26.4 Å². The molecule has 0 aromatic carbocycles. The summed E-state index contributed by atoms with van der Waals surface area (Å²) >= 11 is 0. The predicted molar refractivity (Wildman–Crippen MR) is 409 cm³/mol. The first-order valence-corrected chi connectivity index (χ1v) is 45.0. The van der Waals surface area contributed by atoms with Crippen molar-refractivity contribution in [2.75, 3.05) is 39.6 Å². The molecule has 0 aliphatic rings. The largest absolute Gasteiger partial charge is 0.472 e. The van der Waals surface area contributed by atoms with Crippen LogP contribution in [0, 0.1) is 11.8 Å². The molecule has 17 nitrogen and oxygen atoms in total. The van der Waals surface area contributed by atoms with Crippen LogP contribution in [-0.4, -0.2) is 96.7 Å². The van der Waals surface area contributed by atoms with Crippen LogP contribution in [0.2, 0.25) is 0 Å². The van der Waals surface area contributed by atoms with Crippen LogP contribution in [0.4, 0.5) is 0 Å². The van der Waals surface area contributed by atoms with E-state index < -0.39 is 97.5 Å². The van der Waals surface area contributed by atoms with E-state index in [1.807, 2.05) is 0 Å². The first-order valence-electron chi connectivity index (χ1n) is 42.0. The summed E-state index contributed by atoms with van der Waals surface area (Å²) in [6, 6.07) is 0. The van der Waals surface area contributed by atoms with Crippen molar-refractivity contribution in [3.8, 4) is 0 Å². The Morgan fingerprint density at radius 1 is 0.290 bits per heavy atom. The minimum Gasteiger partial charge on any atom is -0.462 e. The summed E-state index contributed by atoms with van der Waals surface area (Å²) in [4.78, 5) is 72.9. The van der Waals surface area contributed by atoms with E-state index in [-0.39, 0.29) is 25.7 Å². The minimum absolute atomic E-state index is 0.107. The lowest BCUT2D eigenvalue weighted by Crippen LogP contribution is -2.30. The van der Waals surface area contributed by atoms with Gasteiger partial charge in [-0.05, 0) is 37.5 Å². The third-order valence-electron chi connectivity index (χ3n) is 19.3. The standard InChI is InChI=1S/C81H158O17P2/c1-7-10-12-14-16-17-18-19-20-26-29-35-40-46-52-58-64-79(84)92-70-77(98-81(86)65-59-53-47-41-36-30-27-24-22-21-23-25-28-34-39-45-50-56-62-74(6)9-3)72-96-100(89,90)94-68-75(82)67-93-99(87,88)95-71-76(69-91-78(83)63-57-51-43-15-13-11-8-2)97-80(85)66-60-54-48-42-37-32-31-33-38-44-49-55-61-73(4)5/h73-77,82H,7-72H2,1-6H3,(H,87,88)(H,89,90)/t74?,75-,76+,77+/m0/s1. The fraction of sp³-hybridized carbons (Fsp3) is 0.951. The van der Waals surface area contributed by atoms with E-state index in [4.69, 9.17) is 37.0 Å². The Morgan fingerprint density at radius 3 is 0.760 bits per heavy atom. The molecule has 0 fully saturated rings. The molecule has 6 atom stereocenters. The fourth-order valence-electron chi connectivity index (χ4n) is 12.5. The maximum atomic E-state index is 13.1. The highest BCUT2D eigenvalue weighted by Gasteiger charge is 2.30. The van der Waals surface area contributed by atoms with E-state index in [2.05, 4.69) is 41.5 Å². The Kier molecular flexibility index (Phi) is 71.2. The number of esters is 4. The van der Waals surface area contributed by atoms with Gasteiger partial charge in [0.1, 0.15) is 19.3 Å². The van der Waals surface area contributed by atoms with Gasteiger partial charge in [0.2, 0.25) is 0 Å². The Morgan fingerprint density at radius 2 is 0.510 bits per heavy atom. The minimum atomic E-state index is -4.96. The zero-order valence-corrected chi connectivity index (χ0v) is 67.3. The summed E-state index contributed by atoms with van der Waals surface area (Å²) < 4.78 is 68.6. The van der Waals surface area contributed by atoms with Crippen LogP contribution >= 0.6 is 15.6 Å². The van der Waals surface area contributed by atoms with Crippen molar-refractivity contribution in [1.29, 1.82) is 0 Å². The molecule has 0 bridgehead atoms. The highest BCUT2D eigenvalue weighted by molar-refractivity contribution is 7.47. The number of phosphoric ester groups is 2. The normalized spacial score (nSPS) is 14.2. The first kappa shape index (κ1) is 98.1. The summed E-state index contributed by atoms with van der Waals surface area (Å²) in [7, 11) is -9.91. The van der Waals surface area contributed by atoms with Crippen molar-refractivity contribution in [1.82, 2.24) is 0 Å². The summed E-state index contributed by atoms with van der Waals surface area (Å²) in [6.45, 7) is 9.67. The molecular weight excluding hydrogens is 1310 g/mol. The lowest BCUT2D eigenvalue weighted by atomic mass is 9.99. The van der Waals surface area contributed by atoms with Crippen molar-refractivity contribution in [3.63, 3.8) is 0 Å². The highest BCUT2D eigenvalue weighted by atomic mass is 31.2. The molecule has 3 unspecified atom stereocenters. The average molecular weight is 1470 g/mol. The van der Waals surface area contributed by atoms with Crippen LogP contribution in [0.3, 0.4) is 0 Å². The second kappa shape index (κ2) is 72.6. The monoisotopic (exact) mass is 1470 g/mol. The Labute approximate surface area is 613 Å². The van der Waals surface area contributed by atoms with Gasteiger partial charge in [0, 0.05) is 25.7 Å². The average Bonchev–Trinajstić information content (AvgIpc) is 0.990. The second-order valence-electron chi connectivity index (χ2n) is 29.9. The summed E-state index contributed by atoms with van der Waals surface area (Å²) in [6.07, 6.45) is 62.6. The Balaban J connectivity index is 5.16. The van der Waals surface area contributed by atoms with Crippen LogP contribution in [0.5, 0.6) is 0 Å². The van der Waals surface area contributed by atoms with E-state index >= 15 is 0 Å². The fourth-order valence-corrected chi connectivity index (χ4v) is 14.1. The number of carbonyl (C=O) groups excluding carboxylic acids is 4. The van der Waals surface area contributed by atoms with Crippen molar-refractivity contribution in [2.45, 2.75) is 445 Å². The molecule has 594 valence electrons. The molecule has 0 amide bonds. The van der Waals surface area contributed by atoms with E-state index in [1.165, 1.54) is 231 Å². The summed E-state index contributed by atoms with van der Waals surface area (Å²) in [5, 5.41) is 10.6. The number of rotatable bonds is 80. The van der Waals surface area contributed by atoms with Crippen molar-refractivity contribution < 1.29 is 80.2 Å². The van der Waals surface area contributed by atoms with Gasteiger partial charge in [-0.15, -0.1) is 0 Å². The van der Waals surface area contributed by atoms with Crippen LogP contribution in [0.15, 0.2) is 0 Å². The van der Waals surface area contributed by atoms with Gasteiger partial charge >= 0.3 is 39.5 Å². The lowest BCUT2D eigenvalue weighted by Gasteiger charge is -2.21. The molecule has 0 rings (SSSR count). The summed E-state index contributed by atoms with van der Waals surface area (Å²) in [5.74, 6) is -0.465. The molecule has 19 heteroatoms. The molecule has 0 radical (unpaired) electrons. The van der Waals surface area contributed by atoms with Gasteiger partial charge in [0.25, 0.3) is 0 Å². The maximum absolute atomic E-state index is 13.1. The van der Waals surface area contributed by atoms with Crippen LogP contribution < -0.4 is 0 Å². The number of aliphatic hydroxyl groups excluding tert-OH is 1. The van der Waals surface area contributed by atoms with Gasteiger partial charge in [0.15, 0.2) is 12.2 Å². The number of ether oxygens (including phenoxy) is 4. The van der Waals surface area contributed by atoms with E-state index in [0.717, 1.165) is 115 Å². The van der Waals surface area contributed by atoms with Gasteiger partial charge in [-0.2, -0.15) is 0 Å². The topological polar surface area (TPSA) is 237 Å². The van der Waals surface area contributed by atoms with E-state index in [1.54, 1.807) is 0 Å². The van der Waals surface area contributed by atoms with Crippen LogP contribution in [-0.2, 0) is 65.4 Å². The molecule has 0 saturated heterocycles. The van der Waals surface area contributed by atoms with Gasteiger partial charge in [-0.1, -0.05) is 375 Å². The molecule has 0 aromatic heterocycles. The summed E-state index contributed by atoms with van der Waals surface area (Å²) in [5.41, 5.74) is 0. The zero-order valence-electron chi connectivity index (χ0n) is 65.5. The molecule has 0 aromatic rings. The molecule has 0 aliphatic heterocycles. The quantitative estimate of drug-likeness (QED) is 0.0222.